The number of hydrogen-bond acceptors (Lipinski definition) is 4. The van der Waals surface area contributed by atoms with Crippen LogP contribution in [0.15, 0.2) is 36.0 Å². The zero-order chi connectivity index (χ0) is 17.5. The standard InChI is InChI=1S/C18H23ClN4O/c1-22-9-7-16(8-10-22)23(2)13-15(11-20)18(24)21-12-14-5-3-4-6-17(14)19/h3-6,13,16H,7-10,12H2,1-2H3,(H,21,24)/b15-13-. The van der Waals surface area contributed by atoms with Gasteiger partial charge in [0.2, 0.25) is 0 Å². The quantitative estimate of drug-likeness (QED) is 0.657. The molecular formula is C18H23ClN4O. The lowest BCUT2D eigenvalue weighted by atomic mass is 10.0. The SMILES string of the molecule is CN1CCC(N(C)/C=C(/C#N)C(=O)NCc2ccccc2Cl)CC1. The first kappa shape index (κ1) is 18.3. The molecule has 2 rings (SSSR count). The third-order valence-corrected chi connectivity index (χ3v) is 4.73. The van der Waals surface area contributed by atoms with Crippen LogP contribution in [0, 0.1) is 11.3 Å². The molecule has 0 aromatic heterocycles. The Morgan fingerprint density at radius 2 is 2.12 bits per heavy atom. The molecule has 0 aliphatic carbocycles. The van der Waals surface area contributed by atoms with Gasteiger partial charge in [0.05, 0.1) is 0 Å². The van der Waals surface area contributed by atoms with E-state index in [9.17, 15) is 10.1 Å². The zero-order valence-electron chi connectivity index (χ0n) is 14.1. The highest BCUT2D eigenvalue weighted by Crippen LogP contribution is 2.16. The fraction of sp³-hybridized carbons (Fsp3) is 0.444. The Hall–Kier alpha value is -2.03. The second-order valence-corrected chi connectivity index (χ2v) is 6.54. The van der Waals surface area contributed by atoms with Gasteiger partial charge in [-0.15, -0.1) is 0 Å². The van der Waals surface area contributed by atoms with E-state index in [4.69, 9.17) is 11.6 Å². The van der Waals surface area contributed by atoms with E-state index in [1.807, 2.05) is 36.2 Å². The summed E-state index contributed by atoms with van der Waals surface area (Å²) in [6.07, 6.45) is 3.71. The lowest BCUT2D eigenvalue weighted by Crippen LogP contribution is -2.40. The summed E-state index contributed by atoms with van der Waals surface area (Å²) in [6, 6.07) is 9.68. The molecule has 128 valence electrons. The first-order valence-electron chi connectivity index (χ1n) is 8.05. The Morgan fingerprint density at radius 3 is 2.75 bits per heavy atom. The Kier molecular flexibility index (Phi) is 6.65. The molecule has 1 heterocycles. The van der Waals surface area contributed by atoms with Crippen molar-refractivity contribution in [2.75, 3.05) is 27.2 Å². The minimum Gasteiger partial charge on any atom is -0.376 e. The number of amides is 1. The molecule has 1 aromatic carbocycles. The molecule has 6 heteroatoms. The molecule has 1 aromatic rings. The molecule has 5 nitrogen and oxygen atoms in total. The van der Waals surface area contributed by atoms with Crippen molar-refractivity contribution in [1.29, 1.82) is 5.26 Å². The Morgan fingerprint density at radius 1 is 1.46 bits per heavy atom. The molecule has 1 saturated heterocycles. The van der Waals surface area contributed by atoms with Gasteiger partial charge in [0, 0.05) is 30.9 Å². The number of nitrogens with zero attached hydrogens (tertiary/aromatic N) is 3. The minimum atomic E-state index is -0.378. The first-order chi connectivity index (χ1) is 11.5. The van der Waals surface area contributed by atoms with Crippen molar-refractivity contribution in [2.45, 2.75) is 25.4 Å². The van der Waals surface area contributed by atoms with E-state index in [-0.39, 0.29) is 11.5 Å². The highest BCUT2D eigenvalue weighted by Gasteiger charge is 2.20. The van der Waals surface area contributed by atoms with Gasteiger partial charge in [-0.25, -0.2) is 0 Å². The normalized spacial score (nSPS) is 16.5. The molecule has 0 spiro atoms. The summed E-state index contributed by atoms with van der Waals surface area (Å²) in [6.45, 7) is 2.36. The lowest BCUT2D eigenvalue weighted by Gasteiger charge is -2.34. The van der Waals surface area contributed by atoms with Gasteiger partial charge >= 0.3 is 0 Å². The Balaban J connectivity index is 1.95. The summed E-state index contributed by atoms with van der Waals surface area (Å²) >= 11 is 6.08. The van der Waals surface area contributed by atoms with Gasteiger partial charge in [-0.3, -0.25) is 4.79 Å². The van der Waals surface area contributed by atoms with Crippen LogP contribution in [0.4, 0.5) is 0 Å². The molecule has 1 N–H and O–H groups in total. The van der Waals surface area contributed by atoms with Crippen molar-refractivity contribution in [3.8, 4) is 6.07 Å². The lowest BCUT2D eigenvalue weighted by molar-refractivity contribution is -0.117. The molecule has 0 bridgehead atoms. The Labute approximate surface area is 148 Å². The van der Waals surface area contributed by atoms with Crippen LogP contribution in [-0.2, 0) is 11.3 Å². The topological polar surface area (TPSA) is 59.4 Å². The highest BCUT2D eigenvalue weighted by molar-refractivity contribution is 6.31. The fourth-order valence-corrected chi connectivity index (χ4v) is 2.96. The maximum Gasteiger partial charge on any atom is 0.263 e. The van der Waals surface area contributed by atoms with Crippen molar-refractivity contribution in [3.05, 3.63) is 46.6 Å². The van der Waals surface area contributed by atoms with Crippen molar-refractivity contribution < 1.29 is 4.79 Å². The minimum absolute atomic E-state index is 0.114. The van der Waals surface area contributed by atoms with Crippen molar-refractivity contribution in [1.82, 2.24) is 15.1 Å². The number of piperidine rings is 1. The fourth-order valence-electron chi connectivity index (χ4n) is 2.76. The number of rotatable bonds is 5. The number of likely N-dealkylation sites (tertiary alicyclic amines) is 1. The molecular weight excluding hydrogens is 324 g/mol. The number of nitriles is 1. The molecule has 1 aliphatic rings. The van der Waals surface area contributed by atoms with Crippen molar-refractivity contribution in [2.24, 2.45) is 0 Å². The summed E-state index contributed by atoms with van der Waals surface area (Å²) in [5.74, 6) is -0.378. The van der Waals surface area contributed by atoms with E-state index in [1.165, 1.54) is 0 Å². The smallest absolute Gasteiger partial charge is 0.263 e. The summed E-state index contributed by atoms with van der Waals surface area (Å²) in [7, 11) is 4.03. The van der Waals surface area contributed by atoms with Crippen LogP contribution >= 0.6 is 11.6 Å². The second kappa shape index (κ2) is 8.72. The maximum absolute atomic E-state index is 12.2. The molecule has 0 radical (unpaired) electrons. The first-order valence-corrected chi connectivity index (χ1v) is 8.43. The van der Waals surface area contributed by atoms with Crippen LogP contribution in [0.5, 0.6) is 0 Å². The molecule has 0 atom stereocenters. The zero-order valence-corrected chi connectivity index (χ0v) is 14.9. The molecule has 1 amide bonds. The predicted octanol–water partition coefficient (Wildman–Crippen LogP) is 2.39. The van der Waals surface area contributed by atoms with Crippen molar-refractivity contribution in [3.63, 3.8) is 0 Å². The number of halogens is 1. The van der Waals surface area contributed by atoms with Crippen LogP contribution in [-0.4, -0.2) is 48.9 Å². The second-order valence-electron chi connectivity index (χ2n) is 6.13. The number of hydrogen-bond donors (Lipinski definition) is 1. The molecule has 1 fully saturated rings. The van der Waals surface area contributed by atoms with E-state index in [2.05, 4.69) is 17.3 Å². The molecule has 1 aliphatic heterocycles. The highest BCUT2D eigenvalue weighted by atomic mass is 35.5. The van der Waals surface area contributed by atoms with Crippen molar-refractivity contribution >= 4 is 17.5 Å². The third-order valence-electron chi connectivity index (χ3n) is 4.36. The van der Waals surface area contributed by atoms with E-state index >= 15 is 0 Å². The summed E-state index contributed by atoms with van der Waals surface area (Å²) in [4.78, 5) is 16.5. The van der Waals surface area contributed by atoms with Gasteiger partial charge in [-0.1, -0.05) is 29.8 Å². The van der Waals surface area contributed by atoms with Gasteiger partial charge in [0.1, 0.15) is 11.6 Å². The number of carbonyl (C=O) groups is 1. The third kappa shape index (κ3) is 4.98. The maximum atomic E-state index is 12.2. The van der Waals surface area contributed by atoms with Gasteiger partial charge in [0.25, 0.3) is 5.91 Å². The molecule has 24 heavy (non-hydrogen) atoms. The average molecular weight is 347 g/mol. The predicted molar refractivity (Wildman–Crippen MR) is 95.3 cm³/mol. The van der Waals surface area contributed by atoms with Crippen LogP contribution in [0.25, 0.3) is 0 Å². The van der Waals surface area contributed by atoms with Crippen LogP contribution < -0.4 is 5.32 Å². The molecule has 0 unspecified atom stereocenters. The largest absolute Gasteiger partial charge is 0.376 e. The van der Waals surface area contributed by atoms with E-state index in [1.54, 1.807) is 12.3 Å². The number of benzene rings is 1. The molecule has 0 saturated carbocycles. The number of carbonyl (C=O) groups excluding carboxylic acids is 1. The van der Waals surface area contributed by atoms with Gasteiger partial charge in [0.15, 0.2) is 0 Å². The van der Waals surface area contributed by atoms with E-state index < -0.39 is 0 Å². The van der Waals surface area contributed by atoms with Crippen LogP contribution in [0.2, 0.25) is 5.02 Å². The summed E-state index contributed by atoms with van der Waals surface area (Å²) in [5.41, 5.74) is 0.942. The van der Waals surface area contributed by atoms with Crippen LogP contribution in [0.3, 0.4) is 0 Å². The van der Waals surface area contributed by atoms with Gasteiger partial charge < -0.3 is 15.1 Å². The van der Waals surface area contributed by atoms with E-state index in [0.29, 0.717) is 17.6 Å². The summed E-state index contributed by atoms with van der Waals surface area (Å²) in [5, 5.41) is 12.7. The summed E-state index contributed by atoms with van der Waals surface area (Å²) < 4.78 is 0. The average Bonchev–Trinajstić information content (AvgIpc) is 2.59. The monoisotopic (exact) mass is 346 g/mol. The van der Waals surface area contributed by atoms with E-state index in [0.717, 1.165) is 31.5 Å². The van der Waals surface area contributed by atoms with Crippen LogP contribution in [0.1, 0.15) is 18.4 Å². The number of nitrogens with one attached hydrogen (secondary N) is 1. The van der Waals surface area contributed by atoms with Gasteiger partial charge in [-0.2, -0.15) is 5.26 Å². The Bertz CT molecular complexity index is 645. The van der Waals surface area contributed by atoms with Gasteiger partial charge in [-0.05, 0) is 44.6 Å².